The van der Waals surface area contributed by atoms with E-state index in [9.17, 15) is 18.4 Å². The van der Waals surface area contributed by atoms with Gasteiger partial charge in [0.25, 0.3) is 0 Å². The van der Waals surface area contributed by atoms with Gasteiger partial charge >= 0.3 is 6.09 Å². The third-order valence-corrected chi connectivity index (χ3v) is 4.75. The first-order valence-corrected chi connectivity index (χ1v) is 9.78. The number of amides is 2. The van der Waals surface area contributed by atoms with E-state index in [1.807, 2.05) is 20.8 Å². The van der Waals surface area contributed by atoms with Crippen LogP contribution in [-0.4, -0.2) is 45.4 Å². The zero-order valence-electron chi connectivity index (χ0n) is 17.5. The molecule has 2 heterocycles. The maximum atomic E-state index is 13.8. The van der Waals surface area contributed by atoms with Crippen LogP contribution in [0.5, 0.6) is 0 Å². The maximum Gasteiger partial charge on any atom is 0.410 e. The van der Waals surface area contributed by atoms with Crippen molar-refractivity contribution in [2.45, 2.75) is 45.8 Å². The zero-order valence-corrected chi connectivity index (χ0v) is 17.5. The zero-order chi connectivity index (χ0) is 22.1. The molecular formula is C21H26F2N4O3. The summed E-state index contributed by atoms with van der Waals surface area (Å²) in [5.41, 5.74) is 0.257. The number of benzene rings is 1. The van der Waals surface area contributed by atoms with E-state index >= 15 is 0 Å². The van der Waals surface area contributed by atoms with Gasteiger partial charge in [-0.05, 0) is 38.8 Å². The molecule has 2 aromatic rings. The second kappa shape index (κ2) is 8.41. The molecule has 2 amide bonds. The van der Waals surface area contributed by atoms with Gasteiger partial charge in [-0.3, -0.25) is 9.48 Å². The molecule has 0 radical (unpaired) electrons. The number of carbonyl (C=O) groups is 2. The molecule has 3 rings (SSSR count). The van der Waals surface area contributed by atoms with Gasteiger partial charge in [-0.2, -0.15) is 5.10 Å². The lowest BCUT2D eigenvalue weighted by atomic mass is 10.00. The first-order chi connectivity index (χ1) is 14.0. The Balaban J connectivity index is 1.51. The van der Waals surface area contributed by atoms with Crippen LogP contribution < -0.4 is 5.32 Å². The molecule has 1 saturated heterocycles. The van der Waals surface area contributed by atoms with E-state index in [1.54, 1.807) is 22.7 Å². The molecule has 30 heavy (non-hydrogen) atoms. The van der Waals surface area contributed by atoms with Crippen LogP contribution in [0.4, 0.5) is 19.3 Å². The fourth-order valence-electron chi connectivity index (χ4n) is 3.08. The fraction of sp³-hybridized carbons (Fsp3) is 0.476. The standard InChI is InChI=1S/C21H26F2N4O3/c1-13(7-14-5-6-15(22)8-18(14)23)19(28)25-16-9-24-27(10-16)17-11-26(12-17)20(29)30-21(2,3)4/h5-6,8-10,13,17H,7,11-12H2,1-4H3,(H,25,28). The number of anilines is 1. The highest BCUT2D eigenvalue weighted by molar-refractivity contribution is 5.92. The number of nitrogens with one attached hydrogen (secondary N) is 1. The van der Waals surface area contributed by atoms with Gasteiger partial charge in [0.05, 0.1) is 17.9 Å². The number of likely N-dealkylation sites (tertiary alicyclic amines) is 1. The van der Waals surface area contributed by atoms with Crippen LogP contribution in [0.15, 0.2) is 30.6 Å². The smallest absolute Gasteiger partial charge is 0.410 e. The summed E-state index contributed by atoms with van der Waals surface area (Å²) in [5, 5.41) is 7.01. The highest BCUT2D eigenvalue weighted by atomic mass is 19.1. The van der Waals surface area contributed by atoms with Gasteiger partial charge in [0.2, 0.25) is 5.91 Å². The number of carbonyl (C=O) groups excluding carboxylic acids is 2. The number of hydrogen-bond acceptors (Lipinski definition) is 4. The second-order valence-corrected chi connectivity index (χ2v) is 8.58. The summed E-state index contributed by atoms with van der Waals surface area (Å²) >= 11 is 0. The normalized spacial score (nSPS) is 15.5. The molecule has 1 aliphatic rings. The van der Waals surface area contributed by atoms with Gasteiger partial charge in [-0.25, -0.2) is 13.6 Å². The van der Waals surface area contributed by atoms with Crippen molar-refractivity contribution in [2.24, 2.45) is 5.92 Å². The van der Waals surface area contributed by atoms with Crippen LogP contribution in [0.2, 0.25) is 0 Å². The van der Waals surface area contributed by atoms with Crippen molar-refractivity contribution >= 4 is 17.7 Å². The van der Waals surface area contributed by atoms with E-state index in [4.69, 9.17) is 4.74 Å². The van der Waals surface area contributed by atoms with Gasteiger partial charge in [0.15, 0.2) is 0 Å². The summed E-state index contributed by atoms with van der Waals surface area (Å²) < 4.78 is 33.8. The monoisotopic (exact) mass is 420 g/mol. The topological polar surface area (TPSA) is 76.5 Å². The van der Waals surface area contributed by atoms with Crippen LogP contribution >= 0.6 is 0 Å². The number of nitrogens with zero attached hydrogens (tertiary/aromatic N) is 3. The van der Waals surface area contributed by atoms with Crippen molar-refractivity contribution in [3.63, 3.8) is 0 Å². The first kappa shape index (κ1) is 21.7. The minimum atomic E-state index is -0.665. The Kier molecular flexibility index (Phi) is 6.09. The molecule has 0 saturated carbocycles. The average Bonchev–Trinajstić information content (AvgIpc) is 3.02. The van der Waals surface area contributed by atoms with E-state index < -0.39 is 23.2 Å². The predicted octanol–water partition coefficient (Wildman–Crippen LogP) is 3.77. The largest absolute Gasteiger partial charge is 0.444 e. The van der Waals surface area contributed by atoms with Crippen LogP contribution in [0, 0.1) is 17.6 Å². The molecule has 0 aliphatic carbocycles. The summed E-state index contributed by atoms with van der Waals surface area (Å²) in [6.07, 6.45) is 3.01. The van der Waals surface area contributed by atoms with Crippen molar-refractivity contribution in [2.75, 3.05) is 18.4 Å². The van der Waals surface area contributed by atoms with Crippen molar-refractivity contribution in [3.05, 3.63) is 47.8 Å². The van der Waals surface area contributed by atoms with E-state index in [-0.39, 0.29) is 30.0 Å². The van der Waals surface area contributed by atoms with Gasteiger partial charge in [0, 0.05) is 31.3 Å². The number of aromatic nitrogens is 2. The van der Waals surface area contributed by atoms with Gasteiger partial charge < -0.3 is 15.0 Å². The van der Waals surface area contributed by atoms with E-state index in [1.165, 1.54) is 18.3 Å². The second-order valence-electron chi connectivity index (χ2n) is 8.58. The Morgan fingerprint density at radius 1 is 1.30 bits per heavy atom. The molecule has 1 N–H and O–H groups in total. The first-order valence-electron chi connectivity index (χ1n) is 9.78. The summed E-state index contributed by atoms with van der Waals surface area (Å²) in [6, 6.07) is 3.34. The third kappa shape index (κ3) is 5.34. The molecule has 1 fully saturated rings. The van der Waals surface area contributed by atoms with Crippen LogP contribution in [0.25, 0.3) is 0 Å². The predicted molar refractivity (Wildman–Crippen MR) is 107 cm³/mol. The minimum Gasteiger partial charge on any atom is -0.444 e. The summed E-state index contributed by atoms with van der Waals surface area (Å²) in [5.74, 6) is -2.12. The Labute approximate surface area is 174 Å². The molecule has 1 aromatic heterocycles. The van der Waals surface area contributed by atoms with Crippen molar-refractivity contribution in [1.82, 2.24) is 14.7 Å². The molecular weight excluding hydrogens is 394 g/mol. The van der Waals surface area contributed by atoms with Crippen LogP contribution in [0.3, 0.4) is 0 Å². The summed E-state index contributed by atoms with van der Waals surface area (Å²) in [6.45, 7) is 8.07. The maximum absolute atomic E-state index is 13.8. The molecule has 1 aromatic carbocycles. The van der Waals surface area contributed by atoms with Gasteiger partial charge in [-0.15, -0.1) is 0 Å². The van der Waals surface area contributed by atoms with Crippen molar-refractivity contribution in [1.29, 1.82) is 0 Å². The Bertz CT molecular complexity index is 933. The molecule has 7 nitrogen and oxygen atoms in total. The van der Waals surface area contributed by atoms with E-state index in [0.29, 0.717) is 18.8 Å². The molecule has 9 heteroatoms. The lowest BCUT2D eigenvalue weighted by Gasteiger charge is -2.39. The Hall–Kier alpha value is -2.97. The Morgan fingerprint density at radius 3 is 2.63 bits per heavy atom. The van der Waals surface area contributed by atoms with Crippen LogP contribution in [0.1, 0.15) is 39.3 Å². The third-order valence-electron chi connectivity index (χ3n) is 4.75. The quantitative estimate of drug-likeness (QED) is 0.799. The molecule has 1 atom stereocenters. The number of ether oxygens (including phenoxy) is 1. The average molecular weight is 420 g/mol. The molecule has 0 spiro atoms. The van der Waals surface area contributed by atoms with E-state index in [2.05, 4.69) is 10.4 Å². The summed E-state index contributed by atoms with van der Waals surface area (Å²) in [7, 11) is 0. The molecule has 0 bridgehead atoms. The number of halogens is 2. The number of rotatable bonds is 5. The molecule has 1 aliphatic heterocycles. The van der Waals surface area contributed by atoms with Crippen molar-refractivity contribution in [3.8, 4) is 0 Å². The highest BCUT2D eigenvalue weighted by Gasteiger charge is 2.35. The van der Waals surface area contributed by atoms with Crippen molar-refractivity contribution < 1.29 is 23.1 Å². The fourth-order valence-corrected chi connectivity index (χ4v) is 3.08. The molecule has 162 valence electrons. The number of hydrogen-bond donors (Lipinski definition) is 1. The lowest BCUT2D eigenvalue weighted by Crippen LogP contribution is -2.52. The summed E-state index contributed by atoms with van der Waals surface area (Å²) in [4.78, 5) is 26.0. The van der Waals surface area contributed by atoms with Gasteiger partial charge in [0.1, 0.15) is 17.2 Å². The minimum absolute atomic E-state index is 0.00825. The highest BCUT2D eigenvalue weighted by Crippen LogP contribution is 2.24. The SMILES string of the molecule is CC(Cc1ccc(F)cc1F)C(=O)Nc1cnn(C2CN(C(=O)OC(C)(C)C)C2)c1. The van der Waals surface area contributed by atoms with E-state index in [0.717, 1.165) is 6.07 Å². The van der Waals surface area contributed by atoms with Crippen LogP contribution in [-0.2, 0) is 16.0 Å². The van der Waals surface area contributed by atoms with Gasteiger partial charge in [-0.1, -0.05) is 13.0 Å². The lowest BCUT2D eigenvalue weighted by molar-refractivity contribution is -0.119. The Morgan fingerprint density at radius 2 is 2.00 bits per heavy atom. The molecule has 1 unspecified atom stereocenters.